The van der Waals surface area contributed by atoms with Crippen molar-refractivity contribution in [3.8, 4) is 11.8 Å². The van der Waals surface area contributed by atoms with Gasteiger partial charge < -0.3 is 11.1 Å². The number of alkyl halides is 3. The smallest absolute Gasteiger partial charge is 0.382 e. The van der Waals surface area contributed by atoms with Crippen LogP contribution in [-0.2, 0) is 0 Å². The highest BCUT2D eigenvalue weighted by Gasteiger charge is 2.28. The van der Waals surface area contributed by atoms with Crippen LogP contribution < -0.4 is 11.1 Å². The summed E-state index contributed by atoms with van der Waals surface area (Å²) >= 11 is 5.99. The third-order valence-electron chi connectivity index (χ3n) is 2.57. The van der Waals surface area contributed by atoms with Gasteiger partial charge >= 0.3 is 6.18 Å². The van der Waals surface area contributed by atoms with Crippen LogP contribution >= 0.6 is 11.6 Å². The molecule has 2 aromatic rings. The number of hydrogen-bond donors (Lipinski definition) is 2. The largest absolute Gasteiger partial charge is 0.405 e. The Hall–Kier alpha value is -2.40. The van der Waals surface area contributed by atoms with E-state index in [1.54, 1.807) is 30.3 Å². The van der Waals surface area contributed by atoms with E-state index in [-0.39, 0.29) is 17.2 Å². The predicted molar refractivity (Wildman–Crippen MR) is 72.2 cm³/mol. The Kier molecular flexibility index (Phi) is 3.95. The van der Waals surface area contributed by atoms with Crippen molar-refractivity contribution in [2.24, 2.45) is 0 Å². The van der Waals surface area contributed by atoms with E-state index in [2.05, 4.69) is 10.4 Å². The van der Waals surface area contributed by atoms with Crippen molar-refractivity contribution < 1.29 is 13.2 Å². The Morgan fingerprint density at radius 3 is 2.62 bits per heavy atom. The Bertz CT molecular complexity index is 702. The summed E-state index contributed by atoms with van der Waals surface area (Å²) in [6.45, 7) is -1.32. The average Bonchev–Trinajstić information content (AvgIpc) is 2.72. The van der Waals surface area contributed by atoms with Crippen molar-refractivity contribution in [2.75, 3.05) is 17.6 Å². The molecule has 3 N–H and O–H groups in total. The maximum atomic E-state index is 12.2. The molecular formula is C12H9ClF3N5. The van der Waals surface area contributed by atoms with E-state index >= 15 is 0 Å². The molecule has 0 saturated carbocycles. The molecule has 0 spiro atoms. The first-order valence-corrected chi connectivity index (χ1v) is 6.05. The molecule has 1 heterocycles. The Labute approximate surface area is 122 Å². The van der Waals surface area contributed by atoms with Gasteiger partial charge in [0.15, 0.2) is 5.82 Å². The summed E-state index contributed by atoms with van der Waals surface area (Å²) in [6.07, 6.45) is -4.43. The SMILES string of the molecule is N#Cc1c(NCC(F)(F)F)nn(-c2ccccc2Cl)c1N. The predicted octanol–water partition coefficient (Wildman–Crippen LogP) is 2.95. The number of nitrogens with two attached hydrogens (primary N) is 1. The van der Waals surface area contributed by atoms with E-state index in [1.165, 1.54) is 0 Å². The summed E-state index contributed by atoms with van der Waals surface area (Å²) < 4.78 is 37.8. The molecule has 9 heteroatoms. The molecule has 0 saturated heterocycles. The molecular weight excluding hydrogens is 307 g/mol. The zero-order chi connectivity index (χ0) is 15.6. The molecule has 5 nitrogen and oxygen atoms in total. The lowest BCUT2D eigenvalue weighted by Crippen LogP contribution is -2.21. The summed E-state index contributed by atoms with van der Waals surface area (Å²) in [7, 11) is 0. The van der Waals surface area contributed by atoms with Crippen molar-refractivity contribution in [3.63, 3.8) is 0 Å². The van der Waals surface area contributed by atoms with E-state index < -0.39 is 12.7 Å². The zero-order valence-electron chi connectivity index (χ0n) is 10.4. The number of halogens is 4. The first kappa shape index (κ1) is 15.0. The van der Waals surface area contributed by atoms with Crippen molar-refractivity contribution in [1.82, 2.24) is 9.78 Å². The highest BCUT2D eigenvalue weighted by molar-refractivity contribution is 6.32. The van der Waals surface area contributed by atoms with Gasteiger partial charge in [-0.25, -0.2) is 4.68 Å². The quantitative estimate of drug-likeness (QED) is 0.912. The second-order valence-electron chi connectivity index (χ2n) is 4.05. The van der Waals surface area contributed by atoms with Gasteiger partial charge in [-0.1, -0.05) is 23.7 Å². The maximum Gasteiger partial charge on any atom is 0.405 e. The lowest BCUT2D eigenvalue weighted by Gasteiger charge is -2.07. The highest BCUT2D eigenvalue weighted by Crippen LogP contribution is 2.28. The second-order valence-corrected chi connectivity index (χ2v) is 4.46. The van der Waals surface area contributed by atoms with Crippen molar-refractivity contribution in [1.29, 1.82) is 5.26 Å². The number of aromatic nitrogens is 2. The van der Waals surface area contributed by atoms with E-state index in [1.807, 2.05) is 0 Å². The van der Waals surface area contributed by atoms with Crippen molar-refractivity contribution >= 4 is 23.2 Å². The molecule has 0 unspecified atom stereocenters. The molecule has 21 heavy (non-hydrogen) atoms. The van der Waals surface area contributed by atoms with Crippen molar-refractivity contribution in [3.05, 3.63) is 34.9 Å². The summed E-state index contributed by atoms with van der Waals surface area (Å²) in [5, 5.41) is 15.3. The van der Waals surface area contributed by atoms with E-state index in [0.29, 0.717) is 10.7 Å². The summed E-state index contributed by atoms with van der Waals surface area (Å²) in [6, 6.07) is 8.23. The number of benzene rings is 1. The van der Waals surface area contributed by atoms with Crippen LogP contribution in [0.25, 0.3) is 5.69 Å². The van der Waals surface area contributed by atoms with Crippen molar-refractivity contribution in [2.45, 2.75) is 6.18 Å². The molecule has 0 aliphatic heterocycles. The second kappa shape index (κ2) is 5.54. The lowest BCUT2D eigenvalue weighted by atomic mass is 10.3. The normalized spacial score (nSPS) is 11.2. The topological polar surface area (TPSA) is 79.7 Å². The summed E-state index contributed by atoms with van der Waals surface area (Å²) in [5.74, 6) is -0.331. The molecule has 0 aliphatic carbocycles. The van der Waals surface area contributed by atoms with Gasteiger partial charge in [-0.3, -0.25) is 0 Å². The fraction of sp³-hybridized carbons (Fsp3) is 0.167. The number of rotatable bonds is 3. The molecule has 0 radical (unpaired) electrons. The Balaban J connectivity index is 2.44. The lowest BCUT2D eigenvalue weighted by molar-refractivity contribution is -0.115. The van der Waals surface area contributed by atoms with Crippen LogP contribution in [0.15, 0.2) is 24.3 Å². The van der Waals surface area contributed by atoms with Gasteiger partial charge in [0.25, 0.3) is 0 Å². The number of hydrogen-bond acceptors (Lipinski definition) is 4. The monoisotopic (exact) mass is 315 g/mol. The third kappa shape index (κ3) is 3.20. The molecule has 0 atom stereocenters. The minimum Gasteiger partial charge on any atom is -0.382 e. The minimum atomic E-state index is -4.43. The van der Waals surface area contributed by atoms with Gasteiger partial charge in [0.1, 0.15) is 24.0 Å². The van der Waals surface area contributed by atoms with E-state index in [9.17, 15) is 13.2 Å². The van der Waals surface area contributed by atoms with Crippen LogP contribution in [0.4, 0.5) is 24.8 Å². The fourth-order valence-electron chi connectivity index (χ4n) is 1.66. The van der Waals surface area contributed by atoms with Gasteiger partial charge in [0.2, 0.25) is 0 Å². The number of nitrogens with one attached hydrogen (secondary N) is 1. The number of nitrogen functional groups attached to an aromatic ring is 1. The number of nitrogens with zero attached hydrogens (tertiary/aromatic N) is 3. The van der Waals surface area contributed by atoms with Gasteiger partial charge in [-0.15, -0.1) is 5.10 Å². The molecule has 0 bridgehead atoms. The van der Waals surface area contributed by atoms with Crippen LogP contribution in [0.2, 0.25) is 5.02 Å². The Morgan fingerprint density at radius 2 is 2.05 bits per heavy atom. The van der Waals surface area contributed by atoms with Crippen LogP contribution in [0.1, 0.15) is 5.56 Å². The third-order valence-corrected chi connectivity index (χ3v) is 2.89. The summed E-state index contributed by atoms with van der Waals surface area (Å²) in [4.78, 5) is 0. The van der Waals surface area contributed by atoms with Gasteiger partial charge in [-0.2, -0.15) is 18.4 Å². The number of anilines is 2. The number of para-hydroxylation sites is 1. The van der Waals surface area contributed by atoms with Gasteiger partial charge in [0, 0.05) is 0 Å². The van der Waals surface area contributed by atoms with Crippen LogP contribution in [0.3, 0.4) is 0 Å². The molecule has 0 fully saturated rings. The first-order valence-electron chi connectivity index (χ1n) is 5.67. The van der Waals surface area contributed by atoms with Crippen LogP contribution in [0.5, 0.6) is 0 Å². The summed E-state index contributed by atoms with van der Waals surface area (Å²) in [5.41, 5.74) is 5.95. The average molecular weight is 316 g/mol. The van der Waals surface area contributed by atoms with Gasteiger partial charge in [0.05, 0.1) is 10.7 Å². The molecule has 0 amide bonds. The van der Waals surface area contributed by atoms with E-state index in [4.69, 9.17) is 22.6 Å². The molecule has 0 aliphatic rings. The van der Waals surface area contributed by atoms with Crippen LogP contribution in [0, 0.1) is 11.3 Å². The highest BCUT2D eigenvalue weighted by atomic mass is 35.5. The minimum absolute atomic E-state index is 0.0877. The molecule has 1 aromatic carbocycles. The van der Waals surface area contributed by atoms with Gasteiger partial charge in [-0.05, 0) is 12.1 Å². The Morgan fingerprint density at radius 1 is 1.38 bits per heavy atom. The number of nitriles is 1. The first-order chi connectivity index (χ1) is 9.83. The maximum absolute atomic E-state index is 12.2. The van der Waals surface area contributed by atoms with E-state index in [0.717, 1.165) is 4.68 Å². The molecule has 110 valence electrons. The molecule has 1 aromatic heterocycles. The molecule has 2 rings (SSSR count). The zero-order valence-corrected chi connectivity index (χ0v) is 11.2. The van der Waals surface area contributed by atoms with Crippen LogP contribution in [-0.4, -0.2) is 22.5 Å². The fourth-order valence-corrected chi connectivity index (χ4v) is 1.87. The standard InChI is InChI=1S/C12H9ClF3N5/c13-8-3-1-2-4-9(8)21-10(18)7(5-17)11(20-21)19-6-12(14,15)16/h1-4H,6,18H2,(H,19,20).